The molecule has 2 aliphatic heterocycles. The monoisotopic (exact) mass is 416 g/mol. The molecule has 1 atom stereocenters. The molecule has 0 radical (unpaired) electrons. The van der Waals surface area contributed by atoms with E-state index in [2.05, 4.69) is 52.3 Å². The van der Waals surface area contributed by atoms with E-state index in [-0.39, 0.29) is 0 Å². The van der Waals surface area contributed by atoms with Crippen LogP contribution >= 0.6 is 0 Å². The average molecular weight is 417 g/mol. The van der Waals surface area contributed by atoms with Crippen molar-refractivity contribution in [3.63, 3.8) is 0 Å². The number of aromatic nitrogens is 1. The summed E-state index contributed by atoms with van der Waals surface area (Å²) in [5.74, 6) is 3.41. The fraction of sp³-hybridized carbons (Fsp3) is 0.346. The topological polar surface area (TPSA) is 43.8 Å². The normalized spacial score (nSPS) is 18.2. The molecule has 0 bridgehead atoms. The third-order valence-corrected chi connectivity index (χ3v) is 5.91. The molecule has 3 heterocycles. The molecule has 160 valence electrons. The molecule has 3 aromatic rings. The molecule has 0 spiro atoms. The molecule has 5 nitrogen and oxygen atoms in total. The zero-order chi connectivity index (χ0) is 21.2. The Morgan fingerprint density at radius 2 is 1.65 bits per heavy atom. The Hall–Kier alpha value is -3.05. The van der Waals surface area contributed by atoms with Gasteiger partial charge in [0.05, 0.1) is 0 Å². The number of hydrogen-bond donors (Lipinski definition) is 0. The van der Waals surface area contributed by atoms with Crippen LogP contribution in [0.4, 0.5) is 0 Å². The van der Waals surface area contributed by atoms with Crippen LogP contribution in [0.3, 0.4) is 0 Å². The Bertz CT molecular complexity index is 1040. The maximum atomic E-state index is 6.03. The predicted molar refractivity (Wildman–Crippen MR) is 120 cm³/mol. The molecule has 2 aromatic carbocycles. The first-order valence-corrected chi connectivity index (χ1v) is 11.0. The van der Waals surface area contributed by atoms with Crippen molar-refractivity contribution in [3.8, 4) is 23.0 Å². The summed E-state index contributed by atoms with van der Waals surface area (Å²) < 4.78 is 17.5. The van der Waals surface area contributed by atoms with Gasteiger partial charge in [-0.15, -0.1) is 0 Å². The summed E-state index contributed by atoms with van der Waals surface area (Å²) in [5, 5.41) is 0. The second-order valence-corrected chi connectivity index (χ2v) is 8.36. The second-order valence-electron chi connectivity index (χ2n) is 8.36. The Kier molecular flexibility index (Phi) is 5.51. The van der Waals surface area contributed by atoms with Crippen LogP contribution in [0.15, 0.2) is 54.6 Å². The first kappa shape index (κ1) is 19.9. The third-order valence-electron chi connectivity index (χ3n) is 5.91. The summed E-state index contributed by atoms with van der Waals surface area (Å²) in [5.41, 5.74) is 4.53. The zero-order valence-electron chi connectivity index (χ0n) is 18.1. The van der Waals surface area contributed by atoms with Crippen LogP contribution in [-0.2, 0) is 6.54 Å². The molecule has 0 saturated carbocycles. The van der Waals surface area contributed by atoms with Crippen molar-refractivity contribution in [2.75, 3.05) is 19.8 Å². The number of ether oxygens (including phenoxy) is 3. The van der Waals surface area contributed by atoms with Crippen LogP contribution in [0.25, 0.3) is 0 Å². The van der Waals surface area contributed by atoms with E-state index >= 15 is 0 Å². The van der Waals surface area contributed by atoms with Gasteiger partial charge in [-0.05, 0) is 68.6 Å². The summed E-state index contributed by atoms with van der Waals surface area (Å²) >= 11 is 0. The number of nitrogens with zero attached hydrogens (tertiary/aromatic N) is 2. The van der Waals surface area contributed by atoms with Gasteiger partial charge in [0.2, 0.25) is 0 Å². The minimum Gasteiger partial charge on any atom is -0.486 e. The highest BCUT2D eigenvalue weighted by Gasteiger charge is 2.27. The molecule has 1 fully saturated rings. The van der Waals surface area contributed by atoms with Crippen molar-refractivity contribution < 1.29 is 14.2 Å². The summed E-state index contributed by atoms with van der Waals surface area (Å²) in [6, 6.07) is 19.2. The van der Waals surface area contributed by atoms with Gasteiger partial charge in [0.1, 0.15) is 24.7 Å². The SMILES string of the molecule is Cc1cc(Oc2ccc(CN3CCCC3c3ccc4c(c3)OCCO4)cc2)cc(C)n1. The molecular weight excluding hydrogens is 388 g/mol. The van der Waals surface area contributed by atoms with E-state index < -0.39 is 0 Å². The minimum absolute atomic E-state index is 0.412. The van der Waals surface area contributed by atoms with E-state index in [1.54, 1.807) is 0 Å². The Balaban J connectivity index is 1.27. The van der Waals surface area contributed by atoms with Crippen molar-refractivity contribution in [2.45, 2.75) is 39.3 Å². The lowest BCUT2D eigenvalue weighted by Gasteiger charge is -2.26. The third kappa shape index (κ3) is 4.52. The molecule has 0 N–H and O–H groups in total. The quantitative estimate of drug-likeness (QED) is 0.542. The van der Waals surface area contributed by atoms with E-state index in [1.807, 2.05) is 26.0 Å². The molecule has 0 aliphatic carbocycles. The maximum Gasteiger partial charge on any atom is 0.161 e. The summed E-state index contributed by atoms with van der Waals surface area (Å²) in [7, 11) is 0. The number of aryl methyl sites for hydroxylation is 2. The molecule has 5 rings (SSSR count). The van der Waals surface area contributed by atoms with Gasteiger partial charge in [-0.3, -0.25) is 9.88 Å². The van der Waals surface area contributed by atoms with E-state index in [0.29, 0.717) is 19.3 Å². The smallest absolute Gasteiger partial charge is 0.161 e. The lowest BCUT2D eigenvalue weighted by molar-refractivity contribution is 0.170. The first-order valence-electron chi connectivity index (χ1n) is 11.0. The molecule has 0 amide bonds. The van der Waals surface area contributed by atoms with Crippen LogP contribution in [0.2, 0.25) is 0 Å². The van der Waals surface area contributed by atoms with Crippen LogP contribution < -0.4 is 14.2 Å². The summed E-state index contributed by atoms with van der Waals surface area (Å²) in [6.45, 7) is 7.24. The van der Waals surface area contributed by atoms with Gasteiger partial charge in [-0.25, -0.2) is 0 Å². The largest absolute Gasteiger partial charge is 0.486 e. The van der Waals surface area contributed by atoms with Crippen LogP contribution in [0.1, 0.15) is 41.4 Å². The van der Waals surface area contributed by atoms with Gasteiger partial charge in [-0.2, -0.15) is 0 Å². The van der Waals surface area contributed by atoms with Crippen LogP contribution in [0.5, 0.6) is 23.0 Å². The highest BCUT2D eigenvalue weighted by atomic mass is 16.6. The van der Waals surface area contributed by atoms with Crippen molar-refractivity contribution in [1.82, 2.24) is 9.88 Å². The summed E-state index contributed by atoms with van der Waals surface area (Å²) in [4.78, 5) is 6.96. The van der Waals surface area contributed by atoms with Crippen LogP contribution in [-0.4, -0.2) is 29.6 Å². The fourth-order valence-electron chi connectivity index (χ4n) is 4.55. The van der Waals surface area contributed by atoms with E-state index in [9.17, 15) is 0 Å². The van der Waals surface area contributed by atoms with Crippen molar-refractivity contribution in [3.05, 3.63) is 77.1 Å². The van der Waals surface area contributed by atoms with E-state index in [1.165, 1.54) is 24.0 Å². The average Bonchev–Trinajstić information content (AvgIpc) is 3.22. The molecular formula is C26H28N2O3. The maximum absolute atomic E-state index is 6.03. The summed E-state index contributed by atoms with van der Waals surface area (Å²) in [6.07, 6.45) is 2.38. The lowest BCUT2D eigenvalue weighted by Crippen LogP contribution is -2.23. The van der Waals surface area contributed by atoms with Gasteiger partial charge in [0.25, 0.3) is 0 Å². The Morgan fingerprint density at radius 1 is 0.903 bits per heavy atom. The second kappa shape index (κ2) is 8.60. The number of likely N-dealkylation sites (tertiary alicyclic amines) is 1. The van der Waals surface area contributed by atoms with Gasteiger partial charge < -0.3 is 14.2 Å². The Labute approximate surface area is 183 Å². The molecule has 2 aliphatic rings. The molecule has 1 aromatic heterocycles. The molecule has 5 heteroatoms. The van der Waals surface area contributed by atoms with E-state index in [0.717, 1.165) is 47.5 Å². The highest BCUT2D eigenvalue weighted by molar-refractivity contribution is 5.45. The number of fused-ring (bicyclic) bond motifs is 1. The Morgan fingerprint density at radius 3 is 2.42 bits per heavy atom. The molecule has 31 heavy (non-hydrogen) atoms. The van der Waals surface area contributed by atoms with Crippen LogP contribution in [0, 0.1) is 13.8 Å². The lowest BCUT2D eigenvalue weighted by atomic mass is 10.0. The van der Waals surface area contributed by atoms with Crippen molar-refractivity contribution in [2.24, 2.45) is 0 Å². The number of hydrogen-bond acceptors (Lipinski definition) is 5. The first-order chi connectivity index (χ1) is 15.1. The number of rotatable bonds is 5. The molecule has 1 unspecified atom stereocenters. The number of pyridine rings is 1. The molecule has 1 saturated heterocycles. The fourth-order valence-corrected chi connectivity index (χ4v) is 4.55. The van der Waals surface area contributed by atoms with Crippen molar-refractivity contribution in [1.29, 1.82) is 0 Å². The van der Waals surface area contributed by atoms with E-state index in [4.69, 9.17) is 14.2 Å². The standard InChI is InChI=1S/C26H28N2O3/c1-18-14-23(15-19(2)27-18)31-22-8-5-20(6-9-22)17-28-11-3-4-24(28)21-7-10-25-26(16-21)30-13-12-29-25/h5-10,14-16,24H,3-4,11-13,17H2,1-2H3. The minimum atomic E-state index is 0.412. The van der Waals surface area contributed by atoms with Gasteiger partial charge in [0, 0.05) is 36.1 Å². The number of benzene rings is 2. The zero-order valence-corrected chi connectivity index (χ0v) is 18.1. The highest BCUT2D eigenvalue weighted by Crippen LogP contribution is 2.38. The van der Waals surface area contributed by atoms with Gasteiger partial charge in [0.15, 0.2) is 11.5 Å². The van der Waals surface area contributed by atoms with Crippen molar-refractivity contribution >= 4 is 0 Å². The van der Waals surface area contributed by atoms with Gasteiger partial charge >= 0.3 is 0 Å². The predicted octanol–water partition coefficient (Wildman–Crippen LogP) is 5.60. The van der Waals surface area contributed by atoms with Gasteiger partial charge in [-0.1, -0.05) is 18.2 Å².